The lowest BCUT2D eigenvalue weighted by Gasteiger charge is -2.25. The fourth-order valence-electron chi connectivity index (χ4n) is 1.82. The molecule has 1 N–H and O–H groups in total. The molecule has 2 unspecified atom stereocenters. The molecule has 0 radical (unpaired) electrons. The van der Waals surface area contributed by atoms with Gasteiger partial charge in [0, 0.05) is 24.1 Å². The van der Waals surface area contributed by atoms with Gasteiger partial charge in [-0.1, -0.05) is 6.42 Å². The lowest BCUT2D eigenvalue weighted by Crippen LogP contribution is -2.18. The Hall–Kier alpha value is -0.480. The first-order valence-corrected chi connectivity index (χ1v) is 6.10. The summed E-state index contributed by atoms with van der Waals surface area (Å²) in [4.78, 5) is 0. The molecule has 1 aliphatic rings. The molecule has 0 bridgehead atoms. The molecule has 2 rings (SSSR count). The third-order valence-electron chi connectivity index (χ3n) is 2.63. The maximum atomic E-state index is 10.1. The van der Waals surface area contributed by atoms with Gasteiger partial charge in [-0.05, 0) is 18.6 Å². The number of nitrogens with zero attached hydrogens (tertiary/aromatic N) is 2. The van der Waals surface area contributed by atoms with Gasteiger partial charge < -0.3 is 5.11 Å². The highest BCUT2D eigenvalue weighted by atomic mass is 32.2. The van der Waals surface area contributed by atoms with E-state index in [1.54, 1.807) is 10.9 Å². The quantitative estimate of drug-likeness (QED) is 0.811. The first-order chi connectivity index (χ1) is 6.77. The highest BCUT2D eigenvalue weighted by Gasteiger charge is 2.24. The lowest BCUT2D eigenvalue weighted by atomic mass is 10.1. The molecule has 0 amide bonds. The van der Waals surface area contributed by atoms with Crippen LogP contribution in [0.1, 0.15) is 30.9 Å². The molecule has 1 fully saturated rings. The summed E-state index contributed by atoms with van der Waals surface area (Å²) >= 11 is 1.89. The summed E-state index contributed by atoms with van der Waals surface area (Å²) in [7, 11) is 1.88. The molecule has 0 aliphatic carbocycles. The topological polar surface area (TPSA) is 38.0 Å². The van der Waals surface area contributed by atoms with Crippen LogP contribution in [0.2, 0.25) is 0 Å². The maximum absolute atomic E-state index is 10.1. The summed E-state index contributed by atoms with van der Waals surface area (Å²) < 4.78 is 1.74. The fourth-order valence-corrected chi connectivity index (χ4v) is 3.17. The Morgan fingerprint density at radius 3 is 3.07 bits per heavy atom. The van der Waals surface area contributed by atoms with Crippen molar-refractivity contribution in [2.45, 2.75) is 30.6 Å². The SMILES string of the molecule is Cn1cc(C(O)C2CCCCS2)cn1. The van der Waals surface area contributed by atoms with Crippen LogP contribution in [0, 0.1) is 0 Å². The van der Waals surface area contributed by atoms with E-state index in [0.29, 0.717) is 5.25 Å². The number of aromatic nitrogens is 2. The fraction of sp³-hybridized carbons (Fsp3) is 0.700. The van der Waals surface area contributed by atoms with E-state index in [9.17, 15) is 5.11 Å². The summed E-state index contributed by atoms with van der Waals surface area (Å²) in [5.74, 6) is 1.18. The minimum absolute atomic E-state index is 0.339. The Balaban J connectivity index is 2.03. The van der Waals surface area contributed by atoms with E-state index >= 15 is 0 Å². The van der Waals surface area contributed by atoms with Gasteiger partial charge in [0.15, 0.2) is 0 Å². The second-order valence-electron chi connectivity index (χ2n) is 3.80. The number of rotatable bonds is 2. The van der Waals surface area contributed by atoms with Crippen LogP contribution in [-0.4, -0.2) is 25.9 Å². The standard InChI is InChI=1S/C10H16N2OS/c1-12-7-8(6-11-12)10(13)9-4-2-3-5-14-9/h6-7,9-10,13H,2-5H2,1H3. The molecule has 14 heavy (non-hydrogen) atoms. The van der Waals surface area contributed by atoms with E-state index in [0.717, 1.165) is 12.0 Å². The molecule has 4 heteroatoms. The zero-order chi connectivity index (χ0) is 9.97. The highest BCUT2D eigenvalue weighted by Crippen LogP contribution is 2.34. The Kier molecular flexibility index (Phi) is 3.13. The number of aryl methyl sites for hydroxylation is 1. The second kappa shape index (κ2) is 4.36. The van der Waals surface area contributed by atoms with Gasteiger partial charge in [0.2, 0.25) is 0 Å². The first-order valence-electron chi connectivity index (χ1n) is 5.05. The number of hydrogen-bond acceptors (Lipinski definition) is 3. The van der Waals surface area contributed by atoms with Crippen molar-refractivity contribution in [3.05, 3.63) is 18.0 Å². The molecule has 0 saturated carbocycles. The van der Waals surface area contributed by atoms with E-state index < -0.39 is 0 Å². The van der Waals surface area contributed by atoms with Gasteiger partial charge in [-0.3, -0.25) is 4.68 Å². The molecular weight excluding hydrogens is 196 g/mol. The summed E-state index contributed by atoms with van der Waals surface area (Å²) in [5, 5.41) is 14.5. The lowest BCUT2D eigenvalue weighted by molar-refractivity contribution is 0.168. The molecule has 1 aromatic rings. The van der Waals surface area contributed by atoms with Gasteiger partial charge >= 0.3 is 0 Å². The predicted octanol–water partition coefficient (Wildman–Crippen LogP) is 1.74. The second-order valence-corrected chi connectivity index (χ2v) is 5.14. The Bertz CT molecular complexity index is 294. The van der Waals surface area contributed by atoms with E-state index in [-0.39, 0.29) is 6.10 Å². The summed E-state index contributed by atoms with van der Waals surface area (Å²) in [5.41, 5.74) is 0.951. The molecule has 2 heterocycles. The molecule has 0 aromatic carbocycles. The van der Waals surface area contributed by atoms with Crippen molar-refractivity contribution in [1.82, 2.24) is 9.78 Å². The summed E-state index contributed by atoms with van der Waals surface area (Å²) in [6.07, 6.45) is 6.99. The van der Waals surface area contributed by atoms with Crippen molar-refractivity contribution in [2.24, 2.45) is 7.05 Å². The van der Waals surface area contributed by atoms with Crippen LogP contribution in [0.15, 0.2) is 12.4 Å². The first kappa shape index (κ1) is 10.1. The molecule has 1 aliphatic heterocycles. The normalized spacial score (nSPS) is 24.9. The highest BCUT2D eigenvalue weighted by molar-refractivity contribution is 7.99. The van der Waals surface area contributed by atoms with Crippen LogP contribution in [0.3, 0.4) is 0 Å². The minimum Gasteiger partial charge on any atom is -0.387 e. The monoisotopic (exact) mass is 212 g/mol. The van der Waals surface area contributed by atoms with Crippen LogP contribution in [-0.2, 0) is 7.05 Å². The van der Waals surface area contributed by atoms with E-state index in [2.05, 4.69) is 5.10 Å². The third kappa shape index (κ3) is 2.12. The molecule has 1 saturated heterocycles. The van der Waals surface area contributed by atoms with Crippen molar-refractivity contribution in [2.75, 3.05) is 5.75 Å². The number of aliphatic hydroxyl groups excluding tert-OH is 1. The average molecular weight is 212 g/mol. The molecule has 78 valence electrons. The van der Waals surface area contributed by atoms with Gasteiger partial charge in [-0.25, -0.2) is 0 Å². The van der Waals surface area contributed by atoms with Crippen LogP contribution in [0.5, 0.6) is 0 Å². The van der Waals surface area contributed by atoms with Crippen LogP contribution in [0.4, 0.5) is 0 Å². The number of hydrogen-bond donors (Lipinski definition) is 1. The Morgan fingerprint density at radius 2 is 2.50 bits per heavy atom. The molecule has 2 atom stereocenters. The van der Waals surface area contributed by atoms with Crippen LogP contribution in [0.25, 0.3) is 0 Å². The largest absolute Gasteiger partial charge is 0.387 e. The van der Waals surface area contributed by atoms with E-state index in [1.165, 1.54) is 18.6 Å². The van der Waals surface area contributed by atoms with Crippen molar-refractivity contribution in [3.8, 4) is 0 Å². The zero-order valence-electron chi connectivity index (χ0n) is 8.39. The summed E-state index contributed by atoms with van der Waals surface area (Å²) in [6, 6.07) is 0. The average Bonchev–Trinajstić information content (AvgIpc) is 2.65. The van der Waals surface area contributed by atoms with Crippen molar-refractivity contribution >= 4 is 11.8 Å². The van der Waals surface area contributed by atoms with Gasteiger partial charge in [-0.2, -0.15) is 16.9 Å². The Morgan fingerprint density at radius 1 is 1.64 bits per heavy atom. The van der Waals surface area contributed by atoms with Crippen molar-refractivity contribution in [1.29, 1.82) is 0 Å². The molecule has 0 spiro atoms. The molecular formula is C10H16N2OS. The number of aliphatic hydroxyl groups is 1. The van der Waals surface area contributed by atoms with Crippen LogP contribution >= 0.6 is 11.8 Å². The van der Waals surface area contributed by atoms with Crippen molar-refractivity contribution in [3.63, 3.8) is 0 Å². The molecule has 3 nitrogen and oxygen atoms in total. The third-order valence-corrected chi connectivity index (χ3v) is 4.08. The van der Waals surface area contributed by atoms with E-state index in [1.807, 2.05) is 25.0 Å². The maximum Gasteiger partial charge on any atom is 0.0938 e. The van der Waals surface area contributed by atoms with E-state index in [4.69, 9.17) is 0 Å². The minimum atomic E-state index is -0.339. The number of thioether (sulfide) groups is 1. The van der Waals surface area contributed by atoms with Crippen LogP contribution < -0.4 is 0 Å². The summed E-state index contributed by atoms with van der Waals surface area (Å²) in [6.45, 7) is 0. The zero-order valence-corrected chi connectivity index (χ0v) is 9.20. The van der Waals surface area contributed by atoms with Gasteiger partial charge in [0.1, 0.15) is 0 Å². The smallest absolute Gasteiger partial charge is 0.0938 e. The molecule has 1 aromatic heterocycles. The van der Waals surface area contributed by atoms with Gasteiger partial charge in [0.25, 0.3) is 0 Å². The van der Waals surface area contributed by atoms with Gasteiger partial charge in [0.05, 0.1) is 12.3 Å². The van der Waals surface area contributed by atoms with Gasteiger partial charge in [-0.15, -0.1) is 0 Å². The Labute approximate surface area is 88.5 Å². The predicted molar refractivity (Wildman–Crippen MR) is 58.3 cm³/mol. The van der Waals surface area contributed by atoms with Crippen molar-refractivity contribution < 1.29 is 5.11 Å².